The smallest absolute Gasteiger partial charge is 0.0473 e. The van der Waals surface area contributed by atoms with Crippen LogP contribution >= 0.6 is 0 Å². The van der Waals surface area contributed by atoms with Crippen LogP contribution in [0.2, 0.25) is 0 Å². The minimum Gasteiger partial charge on any atom is -0.329 e. The van der Waals surface area contributed by atoms with E-state index in [-0.39, 0.29) is 0 Å². The molecule has 0 radical (unpaired) electrons. The molecule has 2 nitrogen and oxygen atoms in total. The van der Waals surface area contributed by atoms with E-state index in [0.29, 0.717) is 24.5 Å². The Hall–Kier alpha value is -0.860. The Morgan fingerprint density at radius 1 is 1.05 bits per heavy atom. The van der Waals surface area contributed by atoms with Crippen LogP contribution in [0.1, 0.15) is 58.2 Å². The van der Waals surface area contributed by atoms with Gasteiger partial charge in [-0.15, -0.1) is 0 Å². The first-order chi connectivity index (χ1) is 9.53. The minimum absolute atomic E-state index is 0.336. The lowest BCUT2D eigenvalue weighted by molar-refractivity contribution is 0.152. The van der Waals surface area contributed by atoms with Gasteiger partial charge >= 0.3 is 0 Å². The molecule has 0 amide bonds. The highest BCUT2D eigenvalue weighted by molar-refractivity contribution is 5.26. The molecule has 0 aromatic heterocycles. The highest BCUT2D eigenvalue weighted by atomic mass is 15.2. The maximum absolute atomic E-state index is 6.05. The van der Waals surface area contributed by atoms with Crippen molar-refractivity contribution in [2.24, 2.45) is 11.7 Å². The van der Waals surface area contributed by atoms with E-state index in [1.165, 1.54) is 11.1 Å². The van der Waals surface area contributed by atoms with E-state index in [1.807, 2.05) is 0 Å². The molecule has 2 atom stereocenters. The van der Waals surface area contributed by atoms with Gasteiger partial charge in [0.2, 0.25) is 0 Å². The Balaban J connectivity index is 2.88. The Labute approximate surface area is 125 Å². The lowest BCUT2D eigenvalue weighted by atomic mass is 9.98. The summed E-state index contributed by atoms with van der Waals surface area (Å²) in [6.07, 6.45) is 2.31. The zero-order chi connectivity index (χ0) is 15.1. The Kier molecular flexibility index (Phi) is 7.25. The first-order valence-electron chi connectivity index (χ1n) is 8.08. The van der Waals surface area contributed by atoms with Crippen LogP contribution in [0, 0.1) is 5.92 Å². The summed E-state index contributed by atoms with van der Waals surface area (Å²) in [6, 6.07) is 9.97. The highest BCUT2D eigenvalue weighted by Crippen LogP contribution is 2.24. The van der Waals surface area contributed by atoms with Gasteiger partial charge in [-0.2, -0.15) is 0 Å². The summed E-state index contributed by atoms with van der Waals surface area (Å²) < 4.78 is 0. The fourth-order valence-corrected chi connectivity index (χ4v) is 2.88. The molecule has 0 heterocycles. The second-order valence-corrected chi connectivity index (χ2v) is 6.18. The molecule has 0 saturated heterocycles. The van der Waals surface area contributed by atoms with Crippen LogP contribution in [-0.4, -0.2) is 24.0 Å². The third-order valence-corrected chi connectivity index (χ3v) is 4.15. The summed E-state index contributed by atoms with van der Waals surface area (Å²) in [4.78, 5) is 2.51. The minimum atomic E-state index is 0.336. The van der Waals surface area contributed by atoms with Crippen molar-refractivity contribution in [1.29, 1.82) is 0 Å². The van der Waals surface area contributed by atoms with Gasteiger partial charge in [0.05, 0.1) is 0 Å². The van der Waals surface area contributed by atoms with Crippen molar-refractivity contribution < 1.29 is 0 Å². The van der Waals surface area contributed by atoms with Gasteiger partial charge in [0.1, 0.15) is 0 Å². The first-order valence-corrected chi connectivity index (χ1v) is 8.08. The summed E-state index contributed by atoms with van der Waals surface area (Å²) >= 11 is 0. The molecule has 0 spiro atoms. The van der Waals surface area contributed by atoms with E-state index >= 15 is 0 Å². The molecular formula is C18H32N2. The molecule has 0 aliphatic carbocycles. The molecule has 1 aromatic rings. The fourth-order valence-electron chi connectivity index (χ4n) is 2.88. The van der Waals surface area contributed by atoms with Crippen LogP contribution in [0.3, 0.4) is 0 Å². The predicted molar refractivity (Wildman–Crippen MR) is 88.9 cm³/mol. The van der Waals surface area contributed by atoms with E-state index in [1.54, 1.807) is 0 Å². The molecule has 0 saturated carbocycles. The molecule has 0 fully saturated rings. The molecule has 1 aromatic carbocycles. The summed E-state index contributed by atoms with van der Waals surface area (Å²) in [5.41, 5.74) is 8.82. The highest BCUT2D eigenvalue weighted by Gasteiger charge is 2.21. The van der Waals surface area contributed by atoms with Gasteiger partial charge in [-0.3, -0.25) is 4.90 Å². The summed E-state index contributed by atoms with van der Waals surface area (Å²) in [5, 5.41) is 0. The Morgan fingerprint density at radius 2 is 1.65 bits per heavy atom. The van der Waals surface area contributed by atoms with E-state index in [4.69, 9.17) is 5.73 Å². The van der Waals surface area contributed by atoms with Crippen molar-refractivity contribution in [2.75, 3.05) is 13.1 Å². The second-order valence-electron chi connectivity index (χ2n) is 6.18. The van der Waals surface area contributed by atoms with Crippen LogP contribution in [0.5, 0.6) is 0 Å². The average molecular weight is 276 g/mol. The van der Waals surface area contributed by atoms with Gasteiger partial charge in [0, 0.05) is 18.6 Å². The third kappa shape index (κ3) is 4.60. The number of rotatable bonds is 8. The maximum Gasteiger partial charge on any atom is 0.0473 e. The number of nitrogens with two attached hydrogens (primary N) is 1. The summed E-state index contributed by atoms with van der Waals surface area (Å²) in [5.74, 6) is 0.707. The topological polar surface area (TPSA) is 29.3 Å². The molecule has 114 valence electrons. The molecule has 2 N–H and O–H groups in total. The van der Waals surface area contributed by atoms with Crippen molar-refractivity contribution in [3.05, 3.63) is 35.4 Å². The molecule has 0 bridgehead atoms. The standard InChI is InChI=1S/C18H32N2/c1-6-15(5)20(7-2)18(13-19)17-10-8-16(9-11-17)12-14(3)4/h8-11,14-15,18H,6-7,12-13,19H2,1-5H3. The Bertz CT molecular complexity index is 370. The first kappa shape index (κ1) is 17.2. The van der Waals surface area contributed by atoms with Crippen molar-refractivity contribution in [3.63, 3.8) is 0 Å². The van der Waals surface area contributed by atoms with Crippen molar-refractivity contribution in [2.45, 2.75) is 59.5 Å². The number of likely N-dealkylation sites (N-methyl/N-ethyl adjacent to an activating group) is 1. The van der Waals surface area contributed by atoms with Crippen molar-refractivity contribution in [1.82, 2.24) is 4.90 Å². The van der Waals surface area contributed by atoms with Crippen LogP contribution in [-0.2, 0) is 6.42 Å². The summed E-state index contributed by atoms with van der Waals surface area (Å²) in [7, 11) is 0. The fraction of sp³-hybridized carbons (Fsp3) is 0.667. The van der Waals surface area contributed by atoms with Crippen molar-refractivity contribution >= 4 is 0 Å². The van der Waals surface area contributed by atoms with Crippen LogP contribution in [0.25, 0.3) is 0 Å². The SMILES string of the molecule is CCC(C)N(CC)C(CN)c1ccc(CC(C)C)cc1. The molecule has 2 heteroatoms. The lowest BCUT2D eigenvalue weighted by Crippen LogP contribution is -2.39. The number of benzene rings is 1. The van der Waals surface area contributed by atoms with Gasteiger partial charge in [-0.25, -0.2) is 0 Å². The molecule has 0 aliphatic rings. The predicted octanol–water partition coefficient (Wildman–Crippen LogP) is 4.01. The molecule has 0 aliphatic heterocycles. The number of hydrogen-bond acceptors (Lipinski definition) is 2. The van der Waals surface area contributed by atoms with Gasteiger partial charge in [-0.1, -0.05) is 52.0 Å². The maximum atomic E-state index is 6.05. The molecular weight excluding hydrogens is 244 g/mol. The summed E-state index contributed by atoms with van der Waals surface area (Å²) in [6.45, 7) is 13.0. The van der Waals surface area contributed by atoms with Gasteiger partial charge in [0.15, 0.2) is 0 Å². The average Bonchev–Trinajstić information content (AvgIpc) is 2.44. The van der Waals surface area contributed by atoms with Crippen molar-refractivity contribution in [3.8, 4) is 0 Å². The molecule has 20 heavy (non-hydrogen) atoms. The third-order valence-electron chi connectivity index (χ3n) is 4.15. The molecule has 2 unspecified atom stereocenters. The zero-order valence-corrected chi connectivity index (χ0v) is 13.9. The van der Waals surface area contributed by atoms with E-state index in [0.717, 1.165) is 19.4 Å². The van der Waals surface area contributed by atoms with Gasteiger partial charge < -0.3 is 5.73 Å². The quantitative estimate of drug-likeness (QED) is 0.777. The zero-order valence-electron chi connectivity index (χ0n) is 13.9. The van der Waals surface area contributed by atoms with E-state index in [9.17, 15) is 0 Å². The number of nitrogens with zero attached hydrogens (tertiary/aromatic N) is 1. The van der Waals surface area contributed by atoms with Gasteiger partial charge in [0.25, 0.3) is 0 Å². The van der Waals surface area contributed by atoms with Crippen LogP contribution in [0.15, 0.2) is 24.3 Å². The largest absolute Gasteiger partial charge is 0.329 e. The Morgan fingerprint density at radius 3 is 2.05 bits per heavy atom. The monoisotopic (exact) mass is 276 g/mol. The van der Waals surface area contributed by atoms with Gasteiger partial charge in [-0.05, 0) is 43.4 Å². The number of hydrogen-bond donors (Lipinski definition) is 1. The van der Waals surface area contributed by atoms with Crippen LogP contribution < -0.4 is 5.73 Å². The second kappa shape index (κ2) is 8.43. The van der Waals surface area contributed by atoms with E-state index in [2.05, 4.69) is 63.8 Å². The van der Waals surface area contributed by atoms with Crippen LogP contribution in [0.4, 0.5) is 0 Å². The normalized spacial score (nSPS) is 14.8. The lowest BCUT2D eigenvalue weighted by Gasteiger charge is -2.35. The molecule has 1 rings (SSSR count). The van der Waals surface area contributed by atoms with E-state index < -0.39 is 0 Å².